The van der Waals surface area contributed by atoms with E-state index in [0.29, 0.717) is 23.5 Å². The van der Waals surface area contributed by atoms with E-state index in [9.17, 15) is 4.79 Å². The Morgan fingerprint density at radius 1 is 1.19 bits per heavy atom. The number of carbonyl (C=O) groups is 1. The molecule has 0 bridgehead atoms. The number of nitrogens with one attached hydrogen (secondary N) is 1. The van der Waals surface area contributed by atoms with Crippen LogP contribution in [0.4, 0.5) is 5.69 Å². The Balaban J connectivity index is 1.78. The first-order valence-electron chi connectivity index (χ1n) is 8.87. The van der Waals surface area contributed by atoms with Crippen molar-refractivity contribution < 1.29 is 4.79 Å². The number of aromatic nitrogens is 3. The second-order valence-corrected chi connectivity index (χ2v) is 7.71. The molecule has 1 amide bonds. The normalized spacial score (nSPS) is 11.4. The van der Waals surface area contributed by atoms with Gasteiger partial charge in [0.25, 0.3) is 5.91 Å². The van der Waals surface area contributed by atoms with E-state index < -0.39 is 0 Å². The fourth-order valence-corrected chi connectivity index (χ4v) is 2.83. The molecule has 0 radical (unpaired) electrons. The van der Waals surface area contributed by atoms with Crippen LogP contribution >= 0.6 is 0 Å². The summed E-state index contributed by atoms with van der Waals surface area (Å²) in [6.45, 7) is 6.78. The molecule has 2 aromatic heterocycles. The van der Waals surface area contributed by atoms with Gasteiger partial charge in [0.15, 0.2) is 0 Å². The molecule has 0 aliphatic heterocycles. The molecule has 3 rings (SSSR count). The van der Waals surface area contributed by atoms with Crippen molar-refractivity contribution in [1.29, 1.82) is 0 Å². The second-order valence-electron chi connectivity index (χ2n) is 7.71. The number of hydrogen-bond acceptors (Lipinski definition) is 4. The fraction of sp³-hybridized carbons (Fsp3) is 0.286. The van der Waals surface area contributed by atoms with Crippen molar-refractivity contribution in [3.8, 4) is 11.3 Å². The third-order valence-electron chi connectivity index (χ3n) is 4.38. The van der Waals surface area contributed by atoms with E-state index in [1.54, 1.807) is 36.3 Å². The molecule has 0 unspecified atom stereocenters. The first kappa shape index (κ1) is 18.6. The Labute approximate surface area is 159 Å². The number of anilines is 1. The summed E-state index contributed by atoms with van der Waals surface area (Å²) in [6, 6.07) is 13.0. The zero-order valence-corrected chi connectivity index (χ0v) is 16.2. The van der Waals surface area contributed by atoms with Crippen LogP contribution in [0.1, 0.15) is 42.5 Å². The van der Waals surface area contributed by atoms with E-state index in [0.717, 1.165) is 17.0 Å². The molecule has 2 heterocycles. The van der Waals surface area contributed by atoms with Crippen LogP contribution in [0.2, 0.25) is 0 Å². The summed E-state index contributed by atoms with van der Waals surface area (Å²) in [7, 11) is 1.78. The standard InChI is InChI=1S/C21H25N5O/c1-21(2,3)18-12-16(24-25-18)13-26(4)20(27)15-8-5-7-14(11-15)19-17(22)9-6-10-23-19/h5-12H,13,22H2,1-4H3,(H,24,25). The van der Waals surface area contributed by atoms with Crippen molar-refractivity contribution in [3.05, 3.63) is 65.6 Å². The lowest BCUT2D eigenvalue weighted by Crippen LogP contribution is -2.26. The number of benzene rings is 1. The summed E-state index contributed by atoms with van der Waals surface area (Å²) >= 11 is 0. The topological polar surface area (TPSA) is 87.9 Å². The van der Waals surface area contributed by atoms with Crippen LogP contribution in [0.3, 0.4) is 0 Å². The minimum Gasteiger partial charge on any atom is -0.397 e. The van der Waals surface area contributed by atoms with Gasteiger partial charge in [0, 0.05) is 29.8 Å². The maximum absolute atomic E-state index is 12.9. The molecule has 0 saturated carbocycles. The minimum atomic E-state index is -0.0711. The molecule has 0 atom stereocenters. The van der Waals surface area contributed by atoms with Gasteiger partial charge in [0.2, 0.25) is 0 Å². The third kappa shape index (κ3) is 4.16. The van der Waals surface area contributed by atoms with Crippen LogP contribution in [-0.2, 0) is 12.0 Å². The summed E-state index contributed by atoms with van der Waals surface area (Å²) in [5.74, 6) is -0.0711. The van der Waals surface area contributed by atoms with Gasteiger partial charge >= 0.3 is 0 Å². The molecular formula is C21H25N5O. The van der Waals surface area contributed by atoms with Crippen molar-refractivity contribution in [2.45, 2.75) is 32.7 Å². The summed E-state index contributed by atoms with van der Waals surface area (Å²) in [4.78, 5) is 18.9. The average Bonchev–Trinajstić information content (AvgIpc) is 3.10. The molecule has 140 valence electrons. The van der Waals surface area contributed by atoms with E-state index in [4.69, 9.17) is 5.73 Å². The molecule has 3 N–H and O–H groups in total. The molecular weight excluding hydrogens is 338 g/mol. The van der Waals surface area contributed by atoms with Gasteiger partial charge in [0.1, 0.15) is 0 Å². The molecule has 6 nitrogen and oxygen atoms in total. The van der Waals surface area contributed by atoms with Crippen molar-refractivity contribution in [2.24, 2.45) is 0 Å². The monoisotopic (exact) mass is 363 g/mol. The number of pyridine rings is 1. The fourth-order valence-electron chi connectivity index (χ4n) is 2.83. The Hall–Kier alpha value is -3.15. The van der Waals surface area contributed by atoms with Gasteiger partial charge in [-0.05, 0) is 30.3 Å². The lowest BCUT2D eigenvalue weighted by atomic mass is 9.92. The molecule has 27 heavy (non-hydrogen) atoms. The second kappa shape index (κ2) is 7.23. The van der Waals surface area contributed by atoms with Gasteiger partial charge in [-0.3, -0.25) is 14.9 Å². The van der Waals surface area contributed by atoms with Gasteiger partial charge < -0.3 is 10.6 Å². The molecule has 0 fully saturated rings. The number of rotatable bonds is 4. The number of H-pyrrole nitrogens is 1. The lowest BCUT2D eigenvalue weighted by Gasteiger charge is -2.17. The molecule has 6 heteroatoms. The van der Waals surface area contributed by atoms with Crippen LogP contribution in [0.5, 0.6) is 0 Å². The average molecular weight is 363 g/mol. The highest BCUT2D eigenvalue weighted by molar-refractivity contribution is 5.95. The predicted molar refractivity (Wildman–Crippen MR) is 107 cm³/mol. The van der Waals surface area contributed by atoms with Crippen molar-refractivity contribution in [3.63, 3.8) is 0 Å². The highest BCUT2D eigenvalue weighted by Crippen LogP contribution is 2.24. The van der Waals surface area contributed by atoms with E-state index >= 15 is 0 Å². The predicted octanol–water partition coefficient (Wildman–Crippen LogP) is 3.62. The lowest BCUT2D eigenvalue weighted by molar-refractivity contribution is 0.0783. The van der Waals surface area contributed by atoms with Crippen molar-refractivity contribution in [1.82, 2.24) is 20.1 Å². The van der Waals surface area contributed by atoms with E-state index in [2.05, 4.69) is 36.0 Å². The van der Waals surface area contributed by atoms with Gasteiger partial charge in [0.05, 0.1) is 29.3 Å². The molecule has 0 aliphatic rings. The first-order valence-corrected chi connectivity index (χ1v) is 8.87. The van der Waals surface area contributed by atoms with Gasteiger partial charge in [-0.1, -0.05) is 32.9 Å². The number of carbonyl (C=O) groups excluding carboxylic acids is 1. The maximum atomic E-state index is 12.9. The summed E-state index contributed by atoms with van der Waals surface area (Å²) in [5.41, 5.74) is 10.5. The summed E-state index contributed by atoms with van der Waals surface area (Å²) in [6.07, 6.45) is 1.69. The zero-order chi connectivity index (χ0) is 19.6. The van der Waals surface area contributed by atoms with E-state index in [1.807, 2.05) is 24.3 Å². The Kier molecular flexibility index (Phi) is 4.99. The van der Waals surface area contributed by atoms with E-state index in [1.165, 1.54) is 0 Å². The largest absolute Gasteiger partial charge is 0.397 e. The van der Waals surface area contributed by atoms with Gasteiger partial charge in [-0.15, -0.1) is 0 Å². The molecule has 0 spiro atoms. The first-order chi connectivity index (χ1) is 12.8. The van der Waals surface area contributed by atoms with E-state index in [-0.39, 0.29) is 11.3 Å². The van der Waals surface area contributed by atoms with Gasteiger partial charge in [-0.2, -0.15) is 5.10 Å². The van der Waals surface area contributed by atoms with Gasteiger partial charge in [-0.25, -0.2) is 0 Å². The van der Waals surface area contributed by atoms with Crippen LogP contribution in [0.25, 0.3) is 11.3 Å². The van der Waals surface area contributed by atoms with Crippen LogP contribution < -0.4 is 5.73 Å². The van der Waals surface area contributed by atoms with Crippen molar-refractivity contribution in [2.75, 3.05) is 12.8 Å². The Morgan fingerprint density at radius 3 is 2.63 bits per heavy atom. The highest BCUT2D eigenvalue weighted by atomic mass is 16.2. The van der Waals surface area contributed by atoms with Crippen LogP contribution in [-0.4, -0.2) is 33.0 Å². The Bertz CT molecular complexity index is 955. The number of amides is 1. The summed E-state index contributed by atoms with van der Waals surface area (Å²) < 4.78 is 0. The van der Waals surface area contributed by atoms with Crippen molar-refractivity contribution >= 4 is 11.6 Å². The number of aromatic amines is 1. The quantitative estimate of drug-likeness (QED) is 0.741. The number of nitrogens with zero attached hydrogens (tertiary/aromatic N) is 3. The molecule has 0 saturated heterocycles. The SMILES string of the molecule is CN(Cc1cc(C(C)(C)C)n[nH]1)C(=O)c1cccc(-c2ncccc2N)c1. The smallest absolute Gasteiger partial charge is 0.253 e. The third-order valence-corrected chi connectivity index (χ3v) is 4.38. The zero-order valence-electron chi connectivity index (χ0n) is 16.2. The number of nitrogen functional groups attached to an aromatic ring is 1. The van der Waals surface area contributed by atoms with Crippen LogP contribution in [0, 0.1) is 0 Å². The highest BCUT2D eigenvalue weighted by Gasteiger charge is 2.19. The Morgan fingerprint density at radius 2 is 1.96 bits per heavy atom. The maximum Gasteiger partial charge on any atom is 0.253 e. The number of nitrogens with two attached hydrogens (primary N) is 1. The van der Waals surface area contributed by atoms with Crippen LogP contribution in [0.15, 0.2) is 48.7 Å². The molecule has 0 aliphatic carbocycles. The summed E-state index contributed by atoms with van der Waals surface area (Å²) in [5, 5.41) is 7.37. The molecule has 3 aromatic rings. The minimum absolute atomic E-state index is 0.0335. The number of hydrogen-bond donors (Lipinski definition) is 2. The molecule has 1 aromatic carbocycles.